The Morgan fingerprint density at radius 2 is 1.97 bits per heavy atom. The van der Waals surface area contributed by atoms with Crippen molar-refractivity contribution in [3.8, 4) is 0 Å². The lowest BCUT2D eigenvalue weighted by Crippen LogP contribution is -2.46. The van der Waals surface area contributed by atoms with Gasteiger partial charge in [-0.25, -0.2) is 8.42 Å². The number of hydrogen-bond acceptors (Lipinski definition) is 5. The minimum Gasteiger partial charge on any atom is -0.459 e. The van der Waals surface area contributed by atoms with Gasteiger partial charge in [-0.05, 0) is 49.1 Å². The molecular weight excluding hydrogens is 394 g/mol. The lowest BCUT2D eigenvalue weighted by atomic mass is 10.2. The lowest BCUT2D eigenvalue weighted by molar-refractivity contribution is -0.124. The van der Waals surface area contributed by atoms with Crippen molar-refractivity contribution < 1.29 is 22.4 Å². The molecule has 1 fully saturated rings. The van der Waals surface area contributed by atoms with Crippen molar-refractivity contribution in [2.45, 2.75) is 38.8 Å². The van der Waals surface area contributed by atoms with E-state index in [2.05, 4.69) is 10.6 Å². The van der Waals surface area contributed by atoms with Crippen molar-refractivity contribution in [1.82, 2.24) is 9.62 Å². The number of carbonyl (C=O) groups excluding carboxylic acids is 2. The summed E-state index contributed by atoms with van der Waals surface area (Å²) in [5, 5.41) is 5.54. The van der Waals surface area contributed by atoms with Crippen LogP contribution in [0, 0.1) is 0 Å². The summed E-state index contributed by atoms with van der Waals surface area (Å²) in [5.74, 6) is -0.342. The predicted octanol–water partition coefficient (Wildman–Crippen LogP) is 2.35. The number of carbonyl (C=O) groups is 2. The SMILES string of the molecule is CCCS(=O)(=O)N1CCCC1C(=O)NCc1ccc(NC(=O)c2ccco2)cc1. The average Bonchev–Trinajstić information content (AvgIpc) is 3.39. The monoisotopic (exact) mass is 419 g/mol. The van der Waals surface area contributed by atoms with Crippen LogP contribution in [0.2, 0.25) is 0 Å². The van der Waals surface area contributed by atoms with Gasteiger partial charge in [-0.2, -0.15) is 4.31 Å². The summed E-state index contributed by atoms with van der Waals surface area (Å²) < 4.78 is 31.1. The van der Waals surface area contributed by atoms with Crippen LogP contribution in [-0.2, 0) is 21.4 Å². The Bertz CT molecular complexity index is 939. The van der Waals surface area contributed by atoms with E-state index in [-0.39, 0.29) is 29.9 Å². The van der Waals surface area contributed by atoms with Crippen LogP contribution in [0.4, 0.5) is 5.69 Å². The van der Waals surface area contributed by atoms with Gasteiger partial charge in [0.2, 0.25) is 15.9 Å². The molecule has 1 aliphatic rings. The second-order valence-electron chi connectivity index (χ2n) is 6.93. The van der Waals surface area contributed by atoms with Crippen LogP contribution in [-0.4, -0.2) is 42.9 Å². The number of anilines is 1. The van der Waals surface area contributed by atoms with Gasteiger partial charge in [0.1, 0.15) is 6.04 Å². The highest BCUT2D eigenvalue weighted by molar-refractivity contribution is 7.89. The summed E-state index contributed by atoms with van der Waals surface area (Å²) in [6.07, 6.45) is 3.17. The van der Waals surface area contributed by atoms with Gasteiger partial charge in [-0.3, -0.25) is 9.59 Å². The first-order valence-corrected chi connectivity index (χ1v) is 11.2. The van der Waals surface area contributed by atoms with Crippen LogP contribution in [0.15, 0.2) is 47.1 Å². The van der Waals surface area contributed by atoms with E-state index < -0.39 is 16.1 Å². The minimum atomic E-state index is -3.40. The fourth-order valence-corrected chi connectivity index (χ4v) is 5.07. The van der Waals surface area contributed by atoms with E-state index >= 15 is 0 Å². The molecule has 2 heterocycles. The summed E-state index contributed by atoms with van der Waals surface area (Å²) in [6, 6.07) is 9.62. The van der Waals surface area contributed by atoms with Crippen LogP contribution in [0.1, 0.15) is 42.3 Å². The molecular formula is C20H25N3O5S. The van der Waals surface area contributed by atoms with E-state index in [9.17, 15) is 18.0 Å². The van der Waals surface area contributed by atoms with Crippen LogP contribution in [0.3, 0.4) is 0 Å². The second kappa shape index (κ2) is 9.23. The van der Waals surface area contributed by atoms with Crippen molar-refractivity contribution in [2.24, 2.45) is 0 Å². The van der Waals surface area contributed by atoms with Crippen LogP contribution in [0.25, 0.3) is 0 Å². The number of sulfonamides is 1. The molecule has 0 bridgehead atoms. The molecule has 0 saturated carbocycles. The first-order valence-electron chi connectivity index (χ1n) is 9.61. The van der Waals surface area contributed by atoms with E-state index in [1.165, 1.54) is 10.6 Å². The molecule has 1 aromatic carbocycles. The third kappa shape index (κ3) is 5.24. The van der Waals surface area contributed by atoms with Crippen molar-refractivity contribution in [2.75, 3.05) is 17.6 Å². The third-order valence-corrected chi connectivity index (χ3v) is 6.83. The molecule has 0 aliphatic carbocycles. The van der Waals surface area contributed by atoms with Crippen LogP contribution < -0.4 is 10.6 Å². The van der Waals surface area contributed by atoms with Gasteiger partial charge in [0.25, 0.3) is 5.91 Å². The molecule has 1 aliphatic heterocycles. The van der Waals surface area contributed by atoms with Crippen molar-refractivity contribution in [1.29, 1.82) is 0 Å². The Hall–Kier alpha value is -2.65. The highest BCUT2D eigenvalue weighted by Crippen LogP contribution is 2.22. The summed E-state index contributed by atoms with van der Waals surface area (Å²) in [6.45, 7) is 2.48. The number of hydrogen-bond donors (Lipinski definition) is 2. The van der Waals surface area contributed by atoms with Gasteiger partial charge in [-0.1, -0.05) is 19.1 Å². The molecule has 9 heteroatoms. The number of benzene rings is 1. The van der Waals surface area contributed by atoms with Crippen LogP contribution in [0.5, 0.6) is 0 Å². The number of furan rings is 1. The van der Waals surface area contributed by atoms with E-state index in [1.807, 2.05) is 6.92 Å². The highest BCUT2D eigenvalue weighted by atomic mass is 32.2. The van der Waals surface area contributed by atoms with Gasteiger partial charge in [0, 0.05) is 18.8 Å². The summed E-state index contributed by atoms with van der Waals surface area (Å²) >= 11 is 0. The molecule has 1 saturated heterocycles. The number of rotatable bonds is 8. The zero-order valence-electron chi connectivity index (χ0n) is 16.3. The molecule has 3 rings (SSSR count). The highest BCUT2D eigenvalue weighted by Gasteiger charge is 2.37. The minimum absolute atomic E-state index is 0.0575. The van der Waals surface area contributed by atoms with Crippen LogP contribution >= 0.6 is 0 Å². The molecule has 2 aromatic rings. The maximum Gasteiger partial charge on any atom is 0.291 e. The average molecular weight is 420 g/mol. The largest absolute Gasteiger partial charge is 0.459 e. The maximum atomic E-state index is 12.5. The number of nitrogens with zero attached hydrogens (tertiary/aromatic N) is 1. The van der Waals surface area contributed by atoms with Crippen molar-refractivity contribution in [3.05, 3.63) is 54.0 Å². The standard InChI is InChI=1S/C20H25N3O5S/c1-2-13-29(26,27)23-11-3-5-17(23)19(24)21-14-15-7-9-16(10-8-15)22-20(25)18-6-4-12-28-18/h4,6-10,12,17H,2-3,5,11,13-14H2,1H3,(H,21,24)(H,22,25). The molecule has 8 nitrogen and oxygen atoms in total. The number of amides is 2. The first kappa shape index (κ1) is 21.1. The molecule has 2 N–H and O–H groups in total. The zero-order chi connectivity index (χ0) is 20.9. The quantitative estimate of drug-likeness (QED) is 0.683. The van der Waals surface area contributed by atoms with Gasteiger partial charge < -0.3 is 15.1 Å². The van der Waals surface area contributed by atoms with E-state index in [1.54, 1.807) is 36.4 Å². The Morgan fingerprint density at radius 3 is 2.62 bits per heavy atom. The fourth-order valence-electron chi connectivity index (χ4n) is 3.32. The molecule has 29 heavy (non-hydrogen) atoms. The molecule has 0 spiro atoms. The van der Waals surface area contributed by atoms with E-state index in [4.69, 9.17) is 4.42 Å². The van der Waals surface area contributed by atoms with Gasteiger partial charge in [-0.15, -0.1) is 0 Å². The Balaban J connectivity index is 1.54. The van der Waals surface area contributed by atoms with Gasteiger partial charge in [0.15, 0.2) is 5.76 Å². The third-order valence-electron chi connectivity index (χ3n) is 4.75. The topological polar surface area (TPSA) is 109 Å². The lowest BCUT2D eigenvalue weighted by Gasteiger charge is -2.23. The zero-order valence-corrected chi connectivity index (χ0v) is 17.1. The molecule has 1 atom stereocenters. The normalized spacial score (nSPS) is 17.2. The Kier molecular flexibility index (Phi) is 6.71. The van der Waals surface area contributed by atoms with Gasteiger partial charge >= 0.3 is 0 Å². The molecule has 156 valence electrons. The second-order valence-corrected chi connectivity index (χ2v) is 8.97. The molecule has 1 aromatic heterocycles. The molecule has 2 amide bonds. The number of nitrogens with one attached hydrogen (secondary N) is 2. The van der Waals surface area contributed by atoms with Crippen molar-refractivity contribution in [3.63, 3.8) is 0 Å². The first-order chi connectivity index (χ1) is 13.9. The summed E-state index contributed by atoms with van der Waals surface area (Å²) in [5.41, 5.74) is 1.45. The Labute approximate surface area is 170 Å². The van der Waals surface area contributed by atoms with E-state index in [0.717, 1.165) is 5.56 Å². The summed E-state index contributed by atoms with van der Waals surface area (Å²) in [7, 11) is -3.40. The summed E-state index contributed by atoms with van der Waals surface area (Å²) in [4.78, 5) is 24.5. The maximum absolute atomic E-state index is 12.5. The molecule has 0 radical (unpaired) electrons. The van der Waals surface area contributed by atoms with E-state index in [0.29, 0.717) is 31.5 Å². The fraction of sp³-hybridized carbons (Fsp3) is 0.400. The smallest absolute Gasteiger partial charge is 0.291 e. The van der Waals surface area contributed by atoms with Gasteiger partial charge in [0.05, 0.1) is 12.0 Å². The van der Waals surface area contributed by atoms with Crippen molar-refractivity contribution >= 4 is 27.5 Å². The molecule has 1 unspecified atom stereocenters. The predicted molar refractivity (Wildman–Crippen MR) is 109 cm³/mol. The Morgan fingerprint density at radius 1 is 1.21 bits per heavy atom.